The van der Waals surface area contributed by atoms with E-state index >= 15 is 0 Å². The predicted molar refractivity (Wildman–Crippen MR) is 97.6 cm³/mol. The molecule has 0 heterocycles. The first-order chi connectivity index (χ1) is 10.9. The lowest BCUT2D eigenvalue weighted by molar-refractivity contribution is -0.0728. The van der Waals surface area contributed by atoms with Gasteiger partial charge in [0.05, 0.1) is 23.4 Å². The van der Waals surface area contributed by atoms with Crippen LogP contribution >= 0.6 is 0 Å². The molecule has 0 unspecified atom stereocenters. The lowest BCUT2D eigenvalue weighted by Crippen LogP contribution is -2.40. The molecule has 1 aliphatic rings. The summed E-state index contributed by atoms with van der Waals surface area (Å²) in [5.74, 6) is 0.567. The number of hydrogen-bond donors (Lipinski definition) is 4. The van der Waals surface area contributed by atoms with Gasteiger partial charge in [0.15, 0.2) is 0 Å². The van der Waals surface area contributed by atoms with Crippen molar-refractivity contribution in [3.8, 4) is 0 Å². The molecule has 5 atom stereocenters. The lowest BCUT2D eigenvalue weighted by Gasteiger charge is -2.32. The summed E-state index contributed by atoms with van der Waals surface area (Å²) in [6.07, 6.45) is 6.52. The van der Waals surface area contributed by atoms with Gasteiger partial charge in [-0.05, 0) is 58.3 Å². The van der Waals surface area contributed by atoms with Crippen LogP contribution in [-0.4, -0.2) is 43.8 Å². The average Bonchev–Trinajstić information content (AvgIpc) is 2.42. The van der Waals surface area contributed by atoms with Crippen molar-refractivity contribution < 1.29 is 20.4 Å². The van der Waals surface area contributed by atoms with Crippen LogP contribution in [0.3, 0.4) is 0 Å². The molecule has 140 valence electrons. The summed E-state index contributed by atoms with van der Waals surface area (Å²) in [5.41, 5.74) is -1.25. The van der Waals surface area contributed by atoms with Crippen molar-refractivity contribution in [1.29, 1.82) is 0 Å². The fraction of sp³-hybridized carbons (Fsp3) is 0.800. The molecule has 0 saturated carbocycles. The van der Waals surface area contributed by atoms with Crippen LogP contribution in [-0.2, 0) is 0 Å². The van der Waals surface area contributed by atoms with E-state index in [9.17, 15) is 20.4 Å². The van der Waals surface area contributed by atoms with Gasteiger partial charge < -0.3 is 20.4 Å². The molecule has 1 aliphatic carbocycles. The van der Waals surface area contributed by atoms with Crippen molar-refractivity contribution >= 4 is 0 Å². The number of allylic oxidation sites excluding steroid dienone is 2. The molecule has 4 nitrogen and oxygen atoms in total. The van der Waals surface area contributed by atoms with Gasteiger partial charge in [0.25, 0.3) is 0 Å². The maximum Gasteiger partial charge on any atom is 0.0877 e. The zero-order valence-corrected chi connectivity index (χ0v) is 15.9. The largest absolute Gasteiger partial charge is 0.390 e. The van der Waals surface area contributed by atoms with Gasteiger partial charge in [-0.2, -0.15) is 0 Å². The number of aliphatic hydroxyl groups is 4. The fourth-order valence-corrected chi connectivity index (χ4v) is 3.25. The number of aliphatic hydroxyl groups excluding tert-OH is 2. The monoisotopic (exact) mass is 340 g/mol. The van der Waals surface area contributed by atoms with Crippen LogP contribution in [0.25, 0.3) is 0 Å². The molecule has 0 fully saturated rings. The van der Waals surface area contributed by atoms with Gasteiger partial charge in [-0.1, -0.05) is 37.6 Å². The summed E-state index contributed by atoms with van der Waals surface area (Å²) in [5, 5.41) is 41.6. The zero-order chi connectivity index (χ0) is 18.5. The third kappa shape index (κ3) is 7.06. The number of rotatable bonds is 1. The minimum atomic E-state index is -1.13. The van der Waals surface area contributed by atoms with Gasteiger partial charge in [-0.3, -0.25) is 0 Å². The molecule has 0 aromatic carbocycles. The summed E-state index contributed by atoms with van der Waals surface area (Å²) >= 11 is 0. The van der Waals surface area contributed by atoms with Crippen molar-refractivity contribution in [1.82, 2.24) is 0 Å². The quantitative estimate of drug-likeness (QED) is 0.553. The molecule has 0 aromatic rings. The van der Waals surface area contributed by atoms with Gasteiger partial charge in [0, 0.05) is 6.42 Å². The van der Waals surface area contributed by atoms with Crippen molar-refractivity contribution in [2.45, 2.75) is 90.1 Å². The lowest BCUT2D eigenvalue weighted by atomic mass is 9.82. The molecular formula is C20H36O4. The van der Waals surface area contributed by atoms with E-state index < -0.39 is 23.4 Å². The molecule has 0 saturated heterocycles. The Kier molecular flexibility index (Phi) is 7.67. The summed E-state index contributed by atoms with van der Waals surface area (Å²) < 4.78 is 0. The average molecular weight is 341 g/mol. The Morgan fingerprint density at radius 1 is 1.12 bits per heavy atom. The molecule has 24 heavy (non-hydrogen) atoms. The third-order valence-corrected chi connectivity index (χ3v) is 5.17. The molecule has 0 radical (unpaired) electrons. The van der Waals surface area contributed by atoms with Gasteiger partial charge in [0.1, 0.15) is 0 Å². The predicted octanol–water partition coefficient (Wildman–Crippen LogP) is 2.95. The first-order valence-electron chi connectivity index (χ1n) is 9.10. The van der Waals surface area contributed by atoms with E-state index in [1.807, 2.05) is 13.0 Å². The van der Waals surface area contributed by atoms with E-state index in [1.54, 1.807) is 26.0 Å². The minimum Gasteiger partial charge on any atom is -0.390 e. The Morgan fingerprint density at radius 2 is 1.75 bits per heavy atom. The highest BCUT2D eigenvalue weighted by Gasteiger charge is 2.31. The molecule has 0 amide bonds. The Balaban J connectivity index is 3.06. The second-order valence-corrected chi connectivity index (χ2v) is 8.36. The van der Waals surface area contributed by atoms with Crippen molar-refractivity contribution in [3.63, 3.8) is 0 Å². The Labute approximate surface area is 146 Å². The fourth-order valence-electron chi connectivity index (χ4n) is 3.25. The van der Waals surface area contributed by atoms with Crippen LogP contribution in [0.15, 0.2) is 23.8 Å². The van der Waals surface area contributed by atoms with Gasteiger partial charge >= 0.3 is 0 Å². The molecule has 0 spiro atoms. The van der Waals surface area contributed by atoms with Gasteiger partial charge in [0.2, 0.25) is 0 Å². The molecule has 0 bridgehead atoms. The maximum absolute atomic E-state index is 10.6. The molecule has 0 aliphatic heterocycles. The molecule has 4 heteroatoms. The summed E-state index contributed by atoms with van der Waals surface area (Å²) in [6.45, 7) is 9.52. The summed E-state index contributed by atoms with van der Waals surface area (Å²) in [4.78, 5) is 0. The standard InChI is InChI=1S/C20H36O4/c1-14(2)16-8-10-19(4,23)13-17(21)12-15(3)6-7-18(22)20(5,24)11-9-16/h8,10,12,14,16-18,21-24H,6-7,9,11,13H2,1-5H3/b10-8+,15-12+/t16-,17-,18-,19+,20-/m0/s1. The first kappa shape index (κ1) is 21.4. The van der Waals surface area contributed by atoms with Crippen molar-refractivity contribution in [2.75, 3.05) is 0 Å². The minimum absolute atomic E-state index is 0.201. The summed E-state index contributed by atoms with van der Waals surface area (Å²) in [6, 6.07) is 0. The molecule has 4 N–H and O–H groups in total. The van der Waals surface area contributed by atoms with Crippen LogP contribution < -0.4 is 0 Å². The second-order valence-electron chi connectivity index (χ2n) is 8.36. The van der Waals surface area contributed by atoms with Crippen LogP contribution in [0.2, 0.25) is 0 Å². The molecule has 0 aromatic heterocycles. The topological polar surface area (TPSA) is 80.9 Å². The van der Waals surface area contributed by atoms with E-state index in [4.69, 9.17) is 0 Å². The van der Waals surface area contributed by atoms with Gasteiger partial charge in [-0.25, -0.2) is 0 Å². The zero-order valence-electron chi connectivity index (χ0n) is 15.9. The highest BCUT2D eigenvalue weighted by Crippen LogP contribution is 2.29. The van der Waals surface area contributed by atoms with E-state index in [2.05, 4.69) is 13.8 Å². The highest BCUT2D eigenvalue weighted by atomic mass is 16.3. The molecular weight excluding hydrogens is 304 g/mol. The van der Waals surface area contributed by atoms with E-state index in [1.165, 1.54) is 0 Å². The van der Waals surface area contributed by atoms with Crippen molar-refractivity contribution in [3.05, 3.63) is 23.8 Å². The third-order valence-electron chi connectivity index (χ3n) is 5.17. The van der Waals surface area contributed by atoms with E-state index in [0.29, 0.717) is 25.2 Å². The van der Waals surface area contributed by atoms with E-state index in [-0.39, 0.29) is 12.3 Å². The SMILES string of the molecule is C/C1=C\[C@H](O)C[C@](C)(O)/C=C/[C@H](C(C)C)CC[C@](C)(O)[C@@H](O)CC1. The van der Waals surface area contributed by atoms with Crippen LogP contribution in [0.1, 0.15) is 66.7 Å². The normalized spacial score (nSPS) is 43.8. The Hall–Kier alpha value is -0.680. The van der Waals surface area contributed by atoms with Crippen molar-refractivity contribution in [2.24, 2.45) is 11.8 Å². The first-order valence-corrected chi connectivity index (χ1v) is 9.10. The smallest absolute Gasteiger partial charge is 0.0877 e. The maximum atomic E-state index is 10.6. The molecule has 1 rings (SSSR count). The van der Waals surface area contributed by atoms with Crippen LogP contribution in [0, 0.1) is 11.8 Å². The second kappa shape index (κ2) is 8.61. The van der Waals surface area contributed by atoms with Gasteiger partial charge in [-0.15, -0.1) is 0 Å². The Bertz CT molecular complexity index is 449. The van der Waals surface area contributed by atoms with E-state index in [0.717, 1.165) is 12.0 Å². The van der Waals surface area contributed by atoms with Crippen LogP contribution in [0.5, 0.6) is 0 Å². The highest BCUT2D eigenvalue weighted by molar-refractivity contribution is 5.08. The van der Waals surface area contributed by atoms with Crippen LogP contribution in [0.4, 0.5) is 0 Å². The summed E-state index contributed by atoms with van der Waals surface area (Å²) in [7, 11) is 0. The number of hydrogen-bond acceptors (Lipinski definition) is 4. The Morgan fingerprint density at radius 3 is 2.33 bits per heavy atom.